The van der Waals surface area contributed by atoms with Gasteiger partial charge in [0.25, 0.3) is 5.91 Å². The van der Waals surface area contributed by atoms with Gasteiger partial charge in [0.1, 0.15) is 10.8 Å². The zero-order valence-electron chi connectivity index (χ0n) is 17.3. The Morgan fingerprint density at radius 2 is 1.87 bits per heavy atom. The molecule has 1 atom stereocenters. The Kier molecular flexibility index (Phi) is 6.13. The van der Waals surface area contributed by atoms with Gasteiger partial charge in [0, 0.05) is 12.2 Å². The van der Waals surface area contributed by atoms with Crippen molar-refractivity contribution < 1.29 is 14.3 Å². The van der Waals surface area contributed by atoms with Crippen molar-refractivity contribution in [3.8, 4) is 5.75 Å². The summed E-state index contributed by atoms with van der Waals surface area (Å²) < 4.78 is 5.31. The van der Waals surface area contributed by atoms with Crippen LogP contribution in [0.3, 0.4) is 0 Å². The first-order valence-electron chi connectivity index (χ1n) is 9.97. The molecular weight excluding hydrogens is 414 g/mol. The first-order valence-corrected chi connectivity index (χ1v) is 10.8. The lowest BCUT2D eigenvalue weighted by Crippen LogP contribution is -2.34. The van der Waals surface area contributed by atoms with E-state index in [2.05, 4.69) is 20.8 Å². The second-order valence-corrected chi connectivity index (χ2v) is 8.26. The van der Waals surface area contributed by atoms with Gasteiger partial charge in [-0.25, -0.2) is 4.79 Å². The lowest BCUT2D eigenvalue weighted by molar-refractivity contribution is 0.102. The summed E-state index contributed by atoms with van der Waals surface area (Å²) in [6.07, 6.45) is 1.63. The largest absolute Gasteiger partial charge is 0.495 e. The molecule has 2 aromatic carbocycles. The van der Waals surface area contributed by atoms with Gasteiger partial charge in [0.05, 0.1) is 18.8 Å². The minimum absolute atomic E-state index is 0.215. The number of nitrogens with zero attached hydrogens (tertiary/aromatic N) is 3. The van der Waals surface area contributed by atoms with Crippen molar-refractivity contribution in [1.82, 2.24) is 15.1 Å². The summed E-state index contributed by atoms with van der Waals surface area (Å²) in [6.45, 7) is 2.59. The molecule has 4 rings (SSSR count). The van der Waals surface area contributed by atoms with Crippen molar-refractivity contribution in [2.75, 3.05) is 24.3 Å². The number of hydrogen-bond acceptors (Lipinski definition) is 6. The molecule has 0 unspecified atom stereocenters. The van der Waals surface area contributed by atoms with Crippen molar-refractivity contribution in [1.29, 1.82) is 0 Å². The molecule has 1 aromatic heterocycles. The van der Waals surface area contributed by atoms with E-state index in [0.29, 0.717) is 28.7 Å². The van der Waals surface area contributed by atoms with Crippen molar-refractivity contribution in [2.45, 2.75) is 25.8 Å². The minimum atomic E-state index is -0.310. The molecule has 0 bridgehead atoms. The third-order valence-electron chi connectivity index (χ3n) is 5.09. The Bertz CT molecular complexity index is 1080. The third-order valence-corrected chi connectivity index (χ3v) is 6.11. The van der Waals surface area contributed by atoms with E-state index in [1.807, 2.05) is 43.3 Å². The summed E-state index contributed by atoms with van der Waals surface area (Å²) in [5.41, 5.74) is 2.42. The molecule has 9 heteroatoms. The number of nitrogens with one attached hydrogen (secondary N) is 2. The molecule has 3 amide bonds. The number of carbonyl (C=O) groups excluding carboxylic acids is 2. The third kappa shape index (κ3) is 4.66. The van der Waals surface area contributed by atoms with Gasteiger partial charge in [0.15, 0.2) is 0 Å². The highest BCUT2D eigenvalue weighted by Gasteiger charge is 2.33. The van der Waals surface area contributed by atoms with Gasteiger partial charge in [-0.1, -0.05) is 41.2 Å². The maximum absolute atomic E-state index is 12.9. The van der Waals surface area contributed by atoms with Gasteiger partial charge < -0.3 is 20.3 Å². The molecule has 1 fully saturated rings. The molecule has 31 heavy (non-hydrogen) atoms. The Hall–Kier alpha value is -3.46. The van der Waals surface area contributed by atoms with E-state index in [1.165, 1.54) is 11.3 Å². The molecule has 2 heterocycles. The molecule has 0 radical (unpaired) electrons. The average molecular weight is 438 g/mol. The monoisotopic (exact) mass is 437 g/mol. The number of anilines is 2. The van der Waals surface area contributed by atoms with E-state index in [-0.39, 0.29) is 23.0 Å². The summed E-state index contributed by atoms with van der Waals surface area (Å²) in [5.74, 6) is 0.285. The zero-order chi connectivity index (χ0) is 21.8. The number of ether oxygens (including phenoxy) is 1. The predicted molar refractivity (Wildman–Crippen MR) is 120 cm³/mol. The molecular formula is C22H23N5O3S. The van der Waals surface area contributed by atoms with Gasteiger partial charge in [-0.15, -0.1) is 10.2 Å². The molecule has 0 spiro atoms. The van der Waals surface area contributed by atoms with Crippen LogP contribution < -0.4 is 15.4 Å². The van der Waals surface area contributed by atoms with E-state index < -0.39 is 0 Å². The number of para-hydroxylation sites is 2. The summed E-state index contributed by atoms with van der Waals surface area (Å²) in [6, 6.07) is 14.4. The highest BCUT2D eigenvalue weighted by Crippen LogP contribution is 2.35. The maximum Gasteiger partial charge on any atom is 0.322 e. The molecule has 0 aliphatic carbocycles. The summed E-state index contributed by atoms with van der Waals surface area (Å²) in [4.78, 5) is 27.2. The Morgan fingerprint density at radius 3 is 2.65 bits per heavy atom. The van der Waals surface area contributed by atoms with E-state index >= 15 is 0 Å². The van der Waals surface area contributed by atoms with Gasteiger partial charge >= 0.3 is 6.03 Å². The summed E-state index contributed by atoms with van der Waals surface area (Å²) in [5, 5.41) is 14.9. The first kappa shape index (κ1) is 20.8. The molecule has 160 valence electrons. The highest BCUT2D eigenvalue weighted by atomic mass is 32.1. The normalized spacial score (nSPS) is 15.5. The maximum atomic E-state index is 12.9. The standard InChI is InChI=1S/C22H23N5O3S/c1-14-9-11-15(12-10-14)23-19(28)21-26-25-20(31-21)17-7-5-13-27(17)22(29)24-16-6-3-4-8-18(16)30-2/h3-4,6,8-12,17H,5,7,13H2,1-2H3,(H,23,28)(H,24,29)/t17-/m1/s1. The average Bonchev–Trinajstić information content (AvgIpc) is 3.45. The number of amides is 3. The molecule has 1 aliphatic heterocycles. The van der Waals surface area contributed by atoms with Gasteiger partial charge in [-0.2, -0.15) is 0 Å². The Morgan fingerprint density at radius 1 is 1.10 bits per heavy atom. The molecule has 1 aliphatic rings. The van der Waals surface area contributed by atoms with Crippen molar-refractivity contribution >= 4 is 34.6 Å². The number of benzene rings is 2. The fraction of sp³-hybridized carbons (Fsp3) is 0.273. The van der Waals surface area contributed by atoms with Crippen LogP contribution >= 0.6 is 11.3 Å². The number of likely N-dealkylation sites (tertiary alicyclic amines) is 1. The second-order valence-electron chi connectivity index (χ2n) is 7.25. The molecule has 3 aromatic rings. The molecule has 1 saturated heterocycles. The van der Waals surface area contributed by atoms with Crippen LogP contribution in [0.15, 0.2) is 48.5 Å². The van der Waals surface area contributed by atoms with Crippen molar-refractivity contribution in [3.05, 3.63) is 64.1 Å². The SMILES string of the molecule is COc1ccccc1NC(=O)N1CCC[C@@H]1c1nnc(C(=O)Nc2ccc(C)cc2)s1. The van der Waals surface area contributed by atoms with Gasteiger partial charge in [-0.3, -0.25) is 4.79 Å². The second kappa shape index (κ2) is 9.13. The van der Waals surface area contributed by atoms with Crippen molar-refractivity contribution in [2.24, 2.45) is 0 Å². The molecule has 2 N–H and O–H groups in total. The molecule has 8 nitrogen and oxygen atoms in total. The number of aromatic nitrogens is 2. The van der Waals surface area contributed by atoms with Crippen LogP contribution in [0.1, 0.15) is 39.3 Å². The summed E-state index contributed by atoms with van der Waals surface area (Å²) in [7, 11) is 1.56. The van der Waals surface area contributed by atoms with E-state index in [4.69, 9.17) is 4.74 Å². The number of methoxy groups -OCH3 is 1. The van der Waals surface area contributed by atoms with Crippen LogP contribution in [-0.4, -0.2) is 40.7 Å². The number of urea groups is 1. The Balaban J connectivity index is 1.45. The van der Waals surface area contributed by atoms with Crippen LogP contribution in [-0.2, 0) is 0 Å². The number of aryl methyl sites for hydroxylation is 1. The molecule has 0 saturated carbocycles. The van der Waals surface area contributed by atoms with Crippen LogP contribution in [0, 0.1) is 6.92 Å². The first-order chi connectivity index (χ1) is 15.0. The predicted octanol–water partition coefficient (Wildman–Crippen LogP) is 4.48. The van der Waals surface area contributed by atoms with Gasteiger partial charge in [0.2, 0.25) is 5.01 Å². The lowest BCUT2D eigenvalue weighted by atomic mass is 10.2. The fourth-order valence-corrected chi connectivity index (χ4v) is 4.37. The Labute approximate surface area is 184 Å². The lowest BCUT2D eigenvalue weighted by Gasteiger charge is -2.23. The minimum Gasteiger partial charge on any atom is -0.495 e. The van der Waals surface area contributed by atoms with Crippen LogP contribution in [0.25, 0.3) is 0 Å². The smallest absolute Gasteiger partial charge is 0.322 e. The number of carbonyl (C=O) groups is 2. The number of hydrogen-bond donors (Lipinski definition) is 2. The number of rotatable bonds is 5. The van der Waals surface area contributed by atoms with Crippen molar-refractivity contribution in [3.63, 3.8) is 0 Å². The summed E-state index contributed by atoms with van der Waals surface area (Å²) >= 11 is 1.22. The van der Waals surface area contributed by atoms with E-state index in [1.54, 1.807) is 24.1 Å². The quantitative estimate of drug-likeness (QED) is 0.614. The van der Waals surface area contributed by atoms with Crippen LogP contribution in [0.4, 0.5) is 16.2 Å². The fourth-order valence-electron chi connectivity index (χ4n) is 3.48. The zero-order valence-corrected chi connectivity index (χ0v) is 18.1. The van der Waals surface area contributed by atoms with E-state index in [9.17, 15) is 9.59 Å². The van der Waals surface area contributed by atoms with E-state index in [0.717, 1.165) is 18.4 Å². The van der Waals surface area contributed by atoms with Crippen LogP contribution in [0.5, 0.6) is 5.75 Å². The highest BCUT2D eigenvalue weighted by molar-refractivity contribution is 7.13. The topological polar surface area (TPSA) is 96.4 Å². The van der Waals surface area contributed by atoms with Crippen LogP contribution in [0.2, 0.25) is 0 Å². The van der Waals surface area contributed by atoms with Gasteiger partial charge in [-0.05, 0) is 44.0 Å².